The number of benzene rings is 1. The van der Waals surface area contributed by atoms with Crippen LogP contribution in [0, 0.1) is 0 Å². The van der Waals surface area contributed by atoms with Crippen LogP contribution in [0.25, 0.3) is 0 Å². The molecule has 0 aliphatic heterocycles. The summed E-state index contributed by atoms with van der Waals surface area (Å²) in [4.78, 5) is 4.15. The van der Waals surface area contributed by atoms with E-state index in [9.17, 15) is 13.2 Å². The minimum Gasteiger partial charge on any atom is -0.330 e. The van der Waals surface area contributed by atoms with Crippen LogP contribution in [0.3, 0.4) is 0 Å². The van der Waals surface area contributed by atoms with Crippen molar-refractivity contribution in [2.24, 2.45) is 0 Å². The van der Waals surface area contributed by atoms with Crippen molar-refractivity contribution in [3.05, 3.63) is 53.6 Å². The Morgan fingerprint density at radius 2 is 1.86 bits per heavy atom. The van der Waals surface area contributed by atoms with Gasteiger partial charge >= 0.3 is 6.18 Å². The van der Waals surface area contributed by atoms with Crippen LogP contribution in [-0.2, 0) is 19.3 Å². The number of imidazole rings is 1. The number of hydrogen-bond acceptors (Lipinski definition) is 2. The van der Waals surface area contributed by atoms with E-state index in [1.165, 1.54) is 25.0 Å². The molecule has 21 heavy (non-hydrogen) atoms. The average molecular weight is 295 g/mol. The molecule has 0 unspecified atom stereocenters. The van der Waals surface area contributed by atoms with Crippen LogP contribution in [0.2, 0.25) is 0 Å². The van der Waals surface area contributed by atoms with Gasteiger partial charge in [-0.05, 0) is 30.5 Å². The van der Waals surface area contributed by atoms with Crippen molar-refractivity contribution in [3.63, 3.8) is 0 Å². The Morgan fingerprint density at radius 1 is 1.14 bits per heavy atom. The second-order valence-electron chi connectivity index (χ2n) is 5.32. The molecule has 1 N–H and O–H groups in total. The zero-order valence-corrected chi connectivity index (χ0v) is 11.4. The van der Waals surface area contributed by atoms with Crippen molar-refractivity contribution in [2.75, 3.05) is 0 Å². The van der Waals surface area contributed by atoms with Crippen molar-refractivity contribution in [1.82, 2.24) is 14.9 Å². The molecule has 1 heterocycles. The molecule has 1 aliphatic rings. The van der Waals surface area contributed by atoms with Crippen LogP contribution in [0.15, 0.2) is 36.8 Å². The number of hydrogen-bond donors (Lipinski definition) is 1. The van der Waals surface area contributed by atoms with E-state index >= 15 is 0 Å². The van der Waals surface area contributed by atoms with Gasteiger partial charge in [-0.1, -0.05) is 12.1 Å². The molecule has 0 radical (unpaired) electrons. The van der Waals surface area contributed by atoms with Crippen molar-refractivity contribution < 1.29 is 13.2 Å². The van der Waals surface area contributed by atoms with Crippen LogP contribution in [0.4, 0.5) is 13.2 Å². The van der Waals surface area contributed by atoms with Crippen LogP contribution in [0.1, 0.15) is 35.7 Å². The van der Waals surface area contributed by atoms with Crippen LogP contribution >= 0.6 is 0 Å². The van der Waals surface area contributed by atoms with Gasteiger partial charge in [0.15, 0.2) is 0 Å². The summed E-state index contributed by atoms with van der Waals surface area (Å²) in [6.07, 6.45) is 1.79. The van der Waals surface area contributed by atoms with Gasteiger partial charge in [-0.2, -0.15) is 13.2 Å². The first kappa shape index (κ1) is 14.1. The molecular weight excluding hydrogens is 279 g/mol. The first-order chi connectivity index (χ1) is 10.0. The monoisotopic (exact) mass is 295 g/mol. The Balaban J connectivity index is 1.54. The van der Waals surface area contributed by atoms with E-state index < -0.39 is 11.7 Å². The smallest absolute Gasteiger partial charge is 0.330 e. The molecule has 1 aliphatic carbocycles. The van der Waals surface area contributed by atoms with Crippen LogP contribution < -0.4 is 5.32 Å². The standard InChI is InChI=1S/C15H16F3N3/c16-15(17,18)12-3-1-11(2-4-12)7-19-8-14-9-20-10-21(14)13-5-6-13/h1-4,9-10,13,19H,5-8H2. The van der Waals surface area contributed by atoms with E-state index in [0.717, 1.165) is 23.4 Å². The highest BCUT2D eigenvalue weighted by Gasteiger charge is 2.29. The van der Waals surface area contributed by atoms with Gasteiger partial charge in [0, 0.05) is 25.3 Å². The lowest BCUT2D eigenvalue weighted by Crippen LogP contribution is -2.15. The van der Waals surface area contributed by atoms with Crippen molar-refractivity contribution in [3.8, 4) is 0 Å². The number of halogens is 3. The maximum atomic E-state index is 12.5. The molecule has 1 saturated carbocycles. The molecular formula is C15H16F3N3. The summed E-state index contributed by atoms with van der Waals surface area (Å²) < 4.78 is 39.5. The maximum Gasteiger partial charge on any atom is 0.416 e. The minimum atomic E-state index is -4.28. The molecule has 1 aromatic heterocycles. The molecule has 0 spiro atoms. The van der Waals surface area contributed by atoms with Gasteiger partial charge in [0.05, 0.1) is 17.6 Å². The Morgan fingerprint density at radius 3 is 2.48 bits per heavy atom. The molecule has 2 aromatic rings. The highest BCUT2D eigenvalue weighted by atomic mass is 19.4. The molecule has 112 valence electrons. The van der Waals surface area contributed by atoms with Crippen molar-refractivity contribution >= 4 is 0 Å². The van der Waals surface area contributed by atoms with Gasteiger partial charge in [0.25, 0.3) is 0 Å². The fourth-order valence-corrected chi connectivity index (χ4v) is 2.30. The zero-order valence-electron chi connectivity index (χ0n) is 11.4. The quantitative estimate of drug-likeness (QED) is 0.914. The SMILES string of the molecule is FC(F)(F)c1ccc(CNCc2cncn2C2CC2)cc1. The summed E-state index contributed by atoms with van der Waals surface area (Å²) in [7, 11) is 0. The second kappa shape index (κ2) is 5.52. The largest absolute Gasteiger partial charge is 0.416 e. The average Bonchev–Trinajstić information content (AvgIpc) is 3.18. The summed E-state index contributed by atoms with van der Waals surface area (Å²) in [5, 5.41) is 3.24. The summed E-state index contributed by atoms with van der Waals surface area (Å²) in [5.74, 6) is 0. The van der Waals surface area contributed by atoms with E-state index in [4.69, 9.17) is 0 Å². The van der Waals surface area contributed by atoms with Crippen molar-refractivity contribution in [2.45, 2.75) is 38.1 Å². The predicted molar refractivity (Wildman–Crippen MR) is 72.5 cm³/mol. The van der Waals surface area contributed by atoms with E-state index in [2.05, 4.69) is 14.9 Å². The van der Waals surface area contributed by atoms with Crippen LogP contribution in [0.5, 0.6) is 0 Å². The molecule has 0 saturated heterocycles. The predicted octanol–water partition coefficient (Wildman–Crippen LogP) is 3.53. The summed E-state index contributed by atoms with van der Waals surface area (Å²) in [6.45, 7) is 1.20. The molecule has 0 amide bonds. The number of nitrogens with one attached hydrogen (secondary N) is 1. The van der Waals surface area contributed by atoms with Gasteiger partial charge in [0.2, 0.25) is 0 Å². The molecule has 0 atom stereocenters. The third-order valence-electron chi connectivity index (χ3n) is 3.60. The lowest BCUT2D eigenvalue weighted by Gasteiger charge is -2.10. The number of nitrogens with zero attached hydrogens (tertiary/aromatic N) is 2. The van der Waals surface area contributed by atoms with Gasteiger partial charge < -0.3 is 9.88 Å². The third-order valence-corrected chi connectivity index (χ3v) is 3.60. The first-order valence-electron chi connectivity index (χ1n) is 6.91. The Bertz CT molecular complexity index is 597. The zero-order chi connectivity index (χ0) is 14.9. The van der Waals surface area contributed by atoms with Gasteiger partial charge in [-0.25, -0.2) is 4.98 Å². The molecule has 3 nitrogen and oxygen atoms in total. The molecule has 0 bridgehead atoms. The number of aromatic nitrogens is 2. The number of alkyl halides is 3. The van der Waals surface area contributed by atoms with E-state index in [0.29, 0.717) is 19.1 Å². The topological polar surface area (TPSA) is 29.9 Å². The van der Waals surface area contributed by atoms with Gasteiger partial charge in [-0.15, -0.1) is 0 Å². The fourth-order valence-electron chi connectivity index (χ4n) is 2.30. The lowest BCUT2D eigenvalue weighted by molar-refractivity contribution is -0.137. The normalized spacial score (nSPS) is 15.4. The summed E-state index contributed by atoms with van der Waals surface area (Å²) in [6, 6.07) is 5.83. The second-order valence-corrected chi connectivity index (χ2v) is 5.32. The molecule has 1 aromatic carbocycles. The Kier molecular flexibility index (Phi) is 3.71. The minimum absolute atomic E-state index is 0.536. The highest BCUT2D eigenvalue weighted by molar-refractivity contribution is 5.24. The summed E-state index contributed by atoms with van der Waals surface area (Å²) >= 11 is 0. The maximum absolute atomic E-state index is 12.5. The van der Waals surface area contributed by atoms with Gasteiger partial charge in [0.1, 0.15) is 0 Å². The van der Waals surface area contributed by atoms with Gasteiger partial charge in [-0.3, -0.25) is 0 Å². The van der Waals surface area contributed by atoms with Crippen LogP contribution in [-0.4, -0.2) is 9.55 Å². The number of rotatable bonds is 5. The molecule has 1 fully saturated rings. The fraction of sp³-hybridized carbons (Fsp3) is 0.400. The highest BCUT2D eigenvalue weighted by Crippen LogP contribution is 2.35. The lowest BCUT2D eigenvalue weighted by atomic mass is 10.1. The van der Waals surface area contributed by atoms with Crippen molar-refractivity contribution in [1.29, 1.82) is 0 Å². The molecule has 6 heteroatoms. The first-order valence-corrected chi connectivity index (χ1v) is 6.91. The van der Waals surface area contributed by atoms with E-state index in [-0.39, 0.29) is 0 Å². The Hall–Kier alpha value is -1.82. The van der Waals surface area contributed by atoms with E-state index in [1.54, 1.807) is 0 Å². The Labute approximate surface area is 120 Å². The third kappa shape index (κ3) is 3.44. The van der Waals surface area contributed by atoms with E-state index in [1.807, 2.05) is 12.5 Å². The summed E-state index contributed by atoms with van der Waals surface area (Å²) in [5.41, 5.74) is 1.34. The molecule has 3 rings (SSSR count).